The summed E-state index contributed by atoms with van der Waals surface area (Å²) in [6, 6.07) is 12.8. The Bertz CT molecular complexity index is 809. The van der Waals surface area contributed by atoms with E-state index >= 15 is 0 Å². The van der Waals surface area contributed by atoms with Crippen LogP contribution in [0.2, 0.25) is 0 Å². The lowest BCUT2D eigenvalue weighted by Crippen LogP contribution is -2.37. The molecule has 112 valence electrons. The number of pyridine rings is 1. The van der Waals surface area contributed by atoms with Crippen molar-refractivity contribution in [1.29, 1.82) is 0 Å². The number of aromatic amines is 1. The average Bonchev–Trinajstić information content (AvgIpc) is 2.90. The lowest BCUT2D eigenvalue weighted by Gasteiger charge is -2.11. The molecule has 0 fully saturated rings. The molecule has 4 N–H and O–H groups in total. The molecule has 0 radical (unpaired) electrons. The van der Waals surface area contributed by atoms with Gasteiger partial charge in [-0.1, -0.05) is 24.3 Å². The van der Waals surface area contributed by atoms with Crippen LogP contribution in [-0.4, -0.2) is 21.9 Å². The number of carbonyl (C=O) groups is 1. The van der Waals surface area contributed by atoms with Crippen LogP contribution in [-0.2, 0) is 11.2 Å². The molecule has 1 amide bonds. The molecule has 0 aliphatic rings. The Kier molecular flexibility index (Phi) is 3.89. The Morgan fingerprint density at radius 1 is 1.27 bits per heavy atom. The number of aromatic nitrogens is 2. The quantitative estimate of drug-likeness (QED) is 0.690. The predicted octanol–water partition coefficient (Wildman–Crippen LogP) is 2.38. The molecule has 22 heavy (non-hydrogen) atoms. The zero-order valence-corrected chi connectivity index (χ0v) is 12.3. The van der Waals surface area contributed by atoms with Gasteiger partial charge in [0.2, 0.25) is 5.91 Å². The number of benzene rings is 1. The fourth-order valence-electron chi connectivity index (χ4n) is 2.46. The van der Waals surface area contributed by atoms with Crippen LogP contribution in [0.3, 0.4) is 0 Å². The van der Waals surface area contributed by atoms with Crippen LogP contribution in [0.1, 0.15) is 11.3 Å². The molecular formula is C17H18N4O. The topological polar surface area (TPSA) is 83.8 Å². The highest BCUT2D eigenvalue weighted by Crippen LogP contribution is 2.19. The molecule has 1 atom stereocenters. The molecule has 3 rings (SSSR count). The summed E-state index contributed by atoms with van der Waals surface area (Å²) in [4.78, 5) is 19.6. The van der Waals surface area contributed by atoms with Gasteiger partial charge >= 0.3 is 0 Å². The first kappa shape index (κ1) is 14.3. The van der Waals surface area contributed by atoms with Crippen molar-refractivity contribution in [2.75, 3.05) is 5.32 Å². The number of nitrogens with one attached hydrogen (secondary N) is 2. The Morgan fingerprint density at radius 2 is 2.09 bits per heavy atom. The van der Waals surface area contributed by atoms with E-state index in [9.17, 15) is 4.79 Å². The van der Waals surface area contributed by atoms with E-state index in [0.717, 1.165) is 22.2 Å². The molecule has 3 aromatic rings. The van der Waals surface area contributed by atoms with Crippen molar-refractivity contribution in [3.05, 3.63) is 59.9 Å². The van der Waals surface area contributed by atoms with Crippen molar-refractivity contribution in [1.82, 2.24) is 9.97 Å². The first-order chi connectivity index (χ1) is 10.6. The molecular weight excluding hydrogens is 276 g/mol. The maximum absolute atomic E-state index is 12.2. The largest absolute Gasteiger partial charge is 0.361 e. The SMILES string of the molecule is Cc1cccc(NC(=O)[C@@H](N)Cc2c[nH]c3ccccc23)n1. The van der Waals surface area contributed by atoms with Crippen LogP contribution in [0.4, 0.5) is 5.82 Å². The maximum atomic E-state index is 12.2. The first-order valence-electron chi connectivity index (χ1n) is 7.18. The number of anilines is 1. The van der Waals surface area contributed by atoms with Gasteiger partial charge in [0.25, 0.3) is 0 Å². The number of hydrogen-bond donors (Lipinski definition) is 3. The van der Waals surface area contributed by atoms with E-state index in [1.165, 1.54) is 0 Å². The van der Waals surface area contributed by atoms with Crippen molar-refractivity contribution in [3.8, 4) is 0 Å². The number of hydrogen-bond acceptors (Lipinski definition) is 3. The lowest BCUT2D eigenvalue weighted by atomic mass is 10.1. The summed E-state index contributed by atoms with van der Waals surface area (Å²) >= 11 is 0. The minimum absolute atomic E-state index is 0.233. The second kappa shape index (κ2) is 5.99. The zero-order chi connectivity index (χ0) is 15.5. The lowest BCUT2D eigenvalue weighted by molar-refractivity contribution is -0.117. The van der Waals surface area contributed by atoms with Crippen LogP contribution in [0, 0.1) is 6.92 Å². The molecule has 0 saturated carbocycles. The molecule has 0 aliphatic heterocycles. The number of para-hydroxylation sites is 1. The van der Waals surface area contributed by atoms with Gasteiger partial charge in [-0.15, -0.1) is 0 Å². The van der Waals surface area contributed by atoms with Crippen molar-refractivity contribution >= 4 is 22.6 Å². The molecule has 0 saturated heterocycles. The third-order valence-corrected chi connectivity index (χ3v) is 3.59. The highest BCUT2D eigenvalue weighted by molar-refractivity contribution is 5.94. The number of aryl methyl sites for hydroxylation is 1. The highest BCUT2D eigenvalue weighted by Gasteiger charge is 2.16. The van der Waals surface area contributed by atoms with Crippen molar-refractivity contribution in [2.45, 2.75) is 19.4 Å². The van der Waals surface area contributed by atoms with Gasteiger partial charge in [0.15, 0.2) is 0 Å². The molecule has 0 bridgehead atoms. The monoisotopic (exact) mass is 294 g/mol. The third kappa shape index (κ3) is 2.99. The van der Waals surface area contributed by atoms with Gasteiger partial charge in [0, 0.05) is 22.8 Å². The summed E-state index contributed by atoms with van der Waals surface area (Å²) in [5, 5.41) is 3.85. The van der Waals surface area contributed by atoms with Gasteiger partial charge in [0.05, 0.1) is 6.04 Å². The van der Waals surface area contributed by atoms with Gasteiger partial charge in [-0.25, -0.2) is 4.98 Å². The van der Waals surface area contributed by atoms with Crippen LogP contribution in [0.25, 0.3) is 10.9 Å². The molecule has 1 aromatic carbocycles. The summed E-state index contributed by atoms with van der Waals surface area (Å²) in [5.41, 5.74) is 8.97. The summed E-state index contributed by atoms with van der Waals surface area (Å²) in [6.07, 6.45) is 2.38. The first-order valence-corrected chi connectivity index (χ1v) is 7.18. The van der Waals surface area contributed by atoms with E-state index in [1.807, 2.05) is 49.5 Å². The van der Waals surface area contributed by atoms with E-state index in [-0.39, 0.29) is 5.91 Å². The second-order valence-electron chi connectivity index (χ2n) is 5.32. The number of nitrogens with zero attached hydrogens (tertiary/aromatic N) is 1. The fraction of sp³-hybridized carbons (Fsp3) is 0.176. The van der Waals surface area contributed by atoms with E-state index in [1.54, 1.807) is 6.07 Å². The van der Waals surface area contributed by atoms with E-state index < -0.39 is 6.04 Å². The van der Waals surface area contributed by atoms with Gasteiger partial charge in [-0.2, -0.15) is 0 Å². The van der Waals surface area contributed by atoms with E-state index in [4.69, 9.17) is 5.73 Å². The number of carbonyl (C=O) groups excluding carboxylic acids is 1. The number of amides is 1. The molecule has 5 heteroatoms. The van der Waals surface area contributed by atoms with Crippen LogP contribution in [0.15, 0.2) is 48.7 Å². The number of nitrogens with two attached hydrogens (primary N) is 1. The molecule has 2 heterocycles. The van der Waals surface area contributed by atoms with Crippen molar-refractivity contribution in [3.63, 3.8) is 0 Å². The second-order valence-corrected chi connectivity index (χ2v) is 5.32. The normalized spacial score (nSPS) is 12.3. The number of H-pyrrole nitrogens is 1. The van der Waals surface area contributed by atoms with E-state index in [2.05, 4.69) is 15.3 Å². The average molecular weight is 294 g/mol. The van der Waals surface area contributed by atoms with Crippen molar-refractivity contribution < 1.29 is 4.79 Å². The Hall–Kier alpha value is -2.66. The minimum Gasteiger partial charge on any atom is -0.361 e. The Labute approximate surface area is 128 Å². The molecule has 0 spiro atoms. The van der Waals surface area contributed by atoms with Gasteiger partial charge in [0.1, 0.15) is 5.82 Å². The summed E-state index contributed by atoms with van der Waals surface area (Å²) in [7, 11) is 0. The molecule has 0 unspecified atom stereocenters. The van der Waals surface area contributed by atoms with Crippen molar-refractivity contribution in [2.24, 2.45) is 5.73 Å². The number of rotatable bonds is 4. The predicted molar refractivity (Wildman–Crippen MR) is 87.6 cm³/mol. The highest BCUT2D eigenvalue weighted by atomic mass is 16.2. The van der Waals surface area contributed by atoms with Gasteiger partial charge in [-0.3, -0.25) is 4.79 Å². The summed E-state index contributed by atoms with van der Waals surface area (Å²) in [5.74, 6) is 0.294. The molecule has 5 nitrogen and oxygen atoms in total. The Balaban J connectivity index is 1.71. The van der Waals surface area contributed by atoms with E-state index in [0.29, 0.717) is 12.2 Å². The third-order valence-electron chi connectivity index (χ3n) is 3.59. The standard InChI is InChI=1S/C17H18N4O/c1-11-5-4-8-16(20-11)21-17(22)14(18)9-12-10-19-15-7-3-2-6-13(12)15/h2-8,10,14,19H,9,18H2,1H3,(H,20,21,22)/t14-/m0/s1. The fourth-order valence-corrected chi connectivity index (χ4v) is 2.46. The molecule has 0 aliphatic carbocycles. The van der Waals surface area contributed by atoms with Gasteiger partial charge in [-0.05, 0) is 37.1 Å². The number of fused-ring (bicyclic) bond motifs is 1. The molecule has 2 aromatic heterocycles. The Morgan fingerprint density at radius 3 is 2.91 bits per heavy atom. The van der Waals surface area contributed by atoms with Crippen LogP contribution < -0.4 is 11.1 Å². The minimum atomic E-state index is -0.624. The van der Waals surface area contributed by atoms with Gasteiger partial charge < -0.3 is 16.0 Å². The summed E-state index contributed by atoms with van der Waals surface area (Å²) in [6.45, 7) is 1.88. The van der Waals surface area contributed by atoms with Crippen LogP contribution >= 0.6 is 0 Å². The summed E-state index contributed by atoms with van der Waals surface area (Å²) < 4.78 is 0. The zero-order valence-electron chi connectivity index (χ0n) is 12.3. The maximum Gasteiger partial charge on any atom is 0.242 e. The smallest absolute Gasteiger partial charge is 0.242 e. The van der Waals surface area contributed by atoms with Crippen LogP contribution in [0.5, 0.6) is 0 Å².